The van der Waals surface area contributed by atoms with Crippen molar-refractivity contribution in [2.75, 3.05) is 0 Å². The van der Waals surface area contributed by atoms with Gasteiger partial charge in [-0.1, -0.05) is 12.8 Å². The lowest BCUT2D eigenvalue weighted by Crippen LogP contribution is -2.45. The molecule has 2 aliphatic rings. The van der Waals surface area contributed by atoms with Crippen LogP contribution in [0.5, 0.6) is 0 Å². The van der Waals surface area contributed by atoms with E-state index in [1.54, 1.807) is 0 Å². The van der Waals surface area contributed by atoms with Crippen molar-refractivity contribution in [2.24, 2.45) is 23.0 Å². The normalized spacial score (nSPS) is 37.0. The Bertz CT molecular complexity index is 273. The second kappa shape index (κ2) is 4.36. The molecule has 16 heavy (non-hydrogen) atoms. The van der Waals surface area contributed by atoms with Gasteiger partial charge < -0.3 is 10.8 Å². The Kier molecular flexibility index (Phi) is 3.24. The van der Waals surface area contributed by atoms with Crippen molar-refractivity contribution in [2.45, 2.75) is 57.9 Å². The molecule has 3 atom stereocenters. The van der Waals surface area contributed by atoms with Gasteiger partial charge in [0, 0.05) is 6.04 Å². The molecule has 3 N–H and O–H groups in total. The highest BCUT2D eigenvalue weighted by Gasteiger charge is 2.44. The molecule has 3 unspecified atom stereocenters. The van der Waals surface area contributed by atoms with Gasteiger partial charge in [0.25, 0.3) is 0 Å². The summed E-state index contributed by atoms with van der Waals surface area (Å²) in [7, 11) is 0. The van der Waals surface area contributed by atoms with Crippen molar-refractivity contribution in [3.8, 4) is 0 Å². The summed E-state index contributed by atoms with van der Waals surface area (Å²) in [5.74, 6) is 0.945. The molecule has 0 aromatic carbocycles. The van der Waals surface area contributed by atoms with Crippen LogP contribution in [0, 0.1) is 17.3 Å². The van der Waals surface area contributed by atoms with Crippen LogP contribution in [0.3, 0.4) is 0 Å². The maximum atomic E-state index is 11.0. The van der Waals surface area contributed by atoms with Gasteiger partial charge in [0.05, 0.1) is 6.42 Å². The fourth-order valence-electron chi connectivity index (χ4n) is 3.45. The van der Waals surface area contributed by atoms with Crippen LogP contribution in [0.25, 0.3) is 0 Å². The molecular formula is C13H23NO2. The summed E-state index contributed by atoms with van der Waals surface area (Å²) in [6.45, 7) is 1.98. The number of aliphatic carboxylic acids is 1. The van der Waals surface area contributed by atoms with E-state index in [0.29, 0.717) is 0 Å². The number of rotatable bonds is 4. The van der Waals surface area contributed by atoms with Crippen molar-refractivity contribution >= 4 is 5.97 Å². The monoisotopic (exact) mass is 225 g/mol. The van der Waals surface area contributed by atoms with E-state index in [9.17, 15) is 4.79 Å². The SMILES string of the molecule is CC(N)C1(CC(=O)O)CCCC(C2CC2)C1. The third-order valence-electron chi connectivity index (χ3n) is 4.68. The Balaban J connectivity index is 2.07. The minimum absolute atomic E-state index is 0.00477. The molecule has 0 bridgehead atoms. The van der Waals surface area contributed by atoms with Gasteiger partial charge in [-0.3, -0.25) is 4.79 Å². The summed E-state index contributed by atoms with van der Waals surface area (Å²) in [6, 6.07) is 0.00477. The summed E-state index contributed by atoms with van der Waals surface area (Å²) in [6.07, 6.45) is 7.46. The molecular weight excluding hydrogens is 202 g/mol. The number of carboxylic acids is 1. The van der Waals surface area contributed by atoms with Crippen molar-refractivity contribution in [3.05, 3.63) is 0 Å². The zero-order valence-electron chi connectivity index (χ0n) is 10.1. The second-order valence-corrected chi connectivity index (χ2v) is 5.92. The molecule has 0 heterocycles. The van der Waals surface area contributed by atoms with Gasteiger partial charge in [0.1, 0.15) is 0 Å². The number of hydrogen-bond donors (Lipinski definition) is 2. The van der Waals surface area contributed by atoms with Crippen molar-refractivity contribution in [3.63, 3.8) is 0 Å². The summed E-state index contributed by atoms with van der Waals surface area (Å²) >= 11 is 0. The highest BCUT2D eigenvalue weighted by molar-refractivity contribution is 5.67. The van der Waals surface area contributed by atoms with E-state index < -0.39 is 5.97 Å². The molecule has 0 amide bonds. The lowest BCUT2D eigenvalue weighted by molar-refractivity contribution is -0.141. The molecule has 3 heteroatoms. The lowest BCUT2D eigenvalue weighted by atomic mass is 9.63. The molecule has 3 nitrogen and oxygen atoms in total. The molecule has 92 valence electrons. The van der Waals surface area contributed by atoms with Gasteiger partial charge in [-0.2, -0.15) is 0 Å². The molecule has 0 aromatic heterocycles. The number of carbonyl (C=O) groups is 1. The zero-order chi connectivity index (χ0) is 11.8. The van der Waals surface area contributed by atoms with Gasteiger partial charge in [0.15, 0.2) is 0 Å². The molecule has 2 saturated carbocycles. The maximum Gasteiger partial charge on any atom is 0.303 e. The summed E-state index contributed by atoms with van der Waals surface area (Å²) < 4.78 is 0. The maximum absolute atomic E-state index is 11.0. The topological polar surface area (TPSA) is 63.3 Å². The number of hydrogen-bond acceptors (Lipinski definition) is 2. The summed E-state index contributed by atoms with van der Waals surface area (Å²) in [5, 5.41) is 9.06. The lowest BCUT2D eigenvalue weighted by Gasteiger charge is -2.43. The van der Waals surface area contributed by atoms with Crippen LogP contribution < -0.4 is 5.73 Å². The Labute approximate surface area is 97.4 Å². The quantitative estimate of drug-likeness (QED) is 0.772. The summed E-state index contributed by atoms with van der Waals surface area (Å²) in [4.78, 5) is 11.0. The fourth-order valence-corrected chi connectivity index (χ4v) is 3.45. The first-order valence-electron chi connectivity index (χ1n) is 6.51. The average molecular weight is 225 g/mol. The number of carboxylic acid groups (broad SMARTS) is 1. The molecule has 0 aromatic rings. The van der Waals surface area contributed by atoms with Crippen LogP contribution in [0.1, 0.15) is 51.9 Å². The Morgan fingerprint density at radius 3 is 2.62 bits per heavy atom. The van der Waals surface area contributed by atoms with Crippen LogP contribution in [-0.4, -0.2) is 17.1 Å². The minimum Gasteiger partial charge on any atom is -0.481 e. The van der Waals surface area contributed by atoms with Crippen LogP contribution >= 0.6 is 0 Å². The van der Waals surface area contributed by atoms with Crippen LogP contribution in [0.15, 0.2) is 0 Å². The average Bonchev–Trinajstić information content (AvgIpc) is 2.99. The van der Waals surface area contributed by atoms with Gasteiger partial charge in [-0.25, -0.2) is 0 Å². The van der Waals surface area contributed by atoms with E-state index in [4.69, 9.17) is 10.8 Å². The van der Waals surface area contributed by atoms with Gasteiger partial charge >= 0.3 is 5.97 Å². The van der Waals surface area contributed by atoms with Gasteiger partial charge in [-0.15, -0.1) is 0 Å². The Morgan fingerprint density at radius 2 is 2.12 bits per heavy atom. The molecule has 0 radical (unpaired) electrons. The predicted octanol–water partition coefficient (Wildman–Crippen LogP) is 2.39. The predicted molar refractivity (Wildman–Crippen MR) is 63.0 cm³/mol. The molecule has 0 aliphatic heterocycles. The highest BCUT2D eigenvalue weighted by atomic mass is 16.4. The molecule has 2 fully saturated rings. The molecule has 2 rings (SSSR count). The van der Waals surface area contributed by atoms with Gasteiger partial charge in [-0.05, 0) is 49.9 Å². The largest absolute Gasteiger partial charge is 0.481 e. The summed E-state index contributed by atoms with van der Waals surface area (Å²) in [5.41, 5.74) is 5.94. The first kappa shape index (κ1) is 11.9. The molecule has 2 aliphatic carbocycles. The first-order valence-corrected chi connectivity index (χ1v) is 6.51. The molecule has 0 saturated heterocycles. The van der Waals surface area contributed by atoms with E-state index in [-0.39, 0.29) is 17.9 Å². The van der Waals surface area contributed by atoms with Gasteiger partial charge in [0.2, 0.25) is 0 Å². The third kappa shape index (κ3) is 2.40. The van der Waals surface area contributed by atoms with Crippen LogP contribution in [0.4, 0.5) is 0 Å². The van der Waals surface area contributed by atoms with Crippen molar-refractivity contribution < 1.29 is 9.90 Å². The van der Waals surface area contributed by atoms with Crippen LogP contribution in [-0.2, 0) is 4.79 Å². The third-order valence-corrected chi connectivity index (χ3v) is 4.68. The standard InChI is InChI=1S/C13H23NO2/c1-9(14)13(8-12(15)16)6-2-3-11(7-13)10-4-5-10/h9-11H,2-8,14H2,1H3,(H,15,16). The Morgan fingerprint density at radius 1 is 1.44 bits per heavy atom. The highest BCUT2D eigenvalue weighted by Crippen LogP contribution is 2.51. The van der Waals surface area contributed by atoms with E-state index in [2.05, 4.69) is 0 Å². The van der Waals surface area contributed by atoms with E-state index in [1.165, 1.54) is 19.3 Å². The molecule has 0 spiro atoms. The second-order valence-electron chi connectivity index (χ2n) is 5.92. The fraction of sp³-hybridized carbons (Fsp3) is 0.923. The van der Waals surface area contributed by atoms with E-state index in [1.807, 2.05) is 6.92 Å². The van der Waals surface area contributed by atoms with Crippen molar-refractivity contribution in [1.29, 1.82) is 0 Å². The van der Waals surface area contributed by atoms with E-state index in [0.717, 1.165) is 31.1 Å². The van der Waals surface area contributed by atoms with Crippen LogP contribution in [0.2, 0.25) is 0 Å². The first-order chi connectivity index (χ1) is 7.53. The van der Waals surface area contributed by atoms with E-state index >= 15 is 0 Å². The zero-order valence-corrected chi connectivity index (χ0v) is 10.1. The minimum atomic E-state index is -0.686. The van der Waals surface area contributed by atoms with Crippen molar-refractivity contribution in [1.82, 2.24) is 0 Å². The number of nitrogens with two attached hydrogens (primary N) is 1. The smallest absolute Gasteiger partial charge is 0.303 e. The Hall–Kier alpha value is -0.570.